The second-order valence-corrected chi connectivity index (χ2v) is 8.97. The Morgan fingerprint density at radius 1 is 1.00 bits per heavy atom. The van der Waals surface area contributed by atoms with E-state index in [0.29, 0.717) is 18.3 Å². The number of aliphatic hydroxyl groups is 1. The molecule has 5 rings (SSSR count). The number of anilines is 1. The fourth-order valence-electron chi connectivity index (χ4n) is 5.05. The Morgan fingerprint density at radius 2 is 1.75 bits per heavy atom. The summed E-state index contributed by atoms with van der Waals surface area (Å²) in [6.07, 6.45) is 2.76. The number of likely N-dealkylation sites (tertiary alicyclic amines) is 1. The Kier molecular flexibility index (Phi) is 6.10. The minimum Gasteiger partial charge on any atom is -0.390 e. The van der Waals surface area contributed by atoms with Crippen molar-refractivity contribution >= 4 is 5.69 Å². The fraction of sp³-hybridized carbons (Fsp3) is 0.440. The first-order valence-electron chi connectivity index (χ1n) is 11.5. The van der Waals surface area contributed by atoms with Crippen LogP contribution in [0.4, 0.5) is 5.69 Å². The predicted octanol–water partition coefficient (Wildman–Crippen LogP) is 2.64. The summed E-state index contributed by atoms with van der Waals surface area (Å²) in [6, 6.07) is 18.2. The standard InChI is InChI=1S/C25H30N4O3/c30-22(18-29-24(26-32-25(29)31)21-7-2-1-3-8-21)17-27-13-10-19(11-14-27)16-28-15-12-20-6-4-5-9-23(20)28/h1-9,19,22,30H,10-18H2. The number of aliphatic hydroxyl groups excluding tert-OH is 1. The Bertz CT molecular complexity index is 1090. The maximum absolute atomic E-state index is 12.1. The molecule has 1 atom stereocenters. The van der Waals surface area contributed by atoms with Crippen molar-refractivity contribution in [2.24, 2.45) is 5.92 Å². The lowest BCUT2D eigenvalue weighted by molar-refractivity contribution is 0.0778. The maximum Gasteiger partial charge on any atom is 0.441 e. The average Bonchev–Trinajstić information content (AvgIpc) is 3.39. The first-order chi connectivity index (χ1) is 15.7. The van der Waals surface area contributed by atoms with Crippen molar-refractivity contribution in [2.75, 3.05) is 37.6 Å². The largest absolute Gasteiger partial charge is 0.441 e. The lowest BCUT2D eigenvalue weighted by Crippen LogP contribution is -2.43. The number of benzene rings is 2. The van der Waals surface area contributed by atoms with Gasteiger partial charge in [-0.15, -0.1) is 0 Å². The Morgan fingerprint density at radius 3 is 2.56 bits per heavy atom. The Labute approximate surface area is 187 Å². The Balaban J connectivity index is 1.13. The van der Waals surface area contributed by atoms with Crippen molar-refractivity contribution in [1.29, 1.82) is 0 Å². The number of β-amino-alcohol motifs (C(OH)–C–C–N with tert-alkyl or cyclic N) is 1. The normalized spacial score (nSPS) is 18.1. The smallest absolute Gasteiger partial charge is 0.390 e. The average molecular weight is 435 g/mol. The molecular weight excluding hydrogens is 404 g/mol. The number of hydrogen-bond donors (Lipinski definition) is 1. The number of hydrogen-bond acceptors (Lipinski definition) is 6. The Hall–Kier alpha value is -2.90. The summed E-state index contributed by atoms with van der Waals surface area (Å²) >= 11 is 0. The number of nitrogens with zero attached hydrogens (tertiary/aromatic N) is 4. The second kappa shape index (κ2) is 9.30. The van der Waals surface area contributed by atoms with Gasteiger partial charge in [0.2, 0.25) is 0 Å². The molecule has 0 saturated carbocycles. The van der Waals surface area contributed by atoms with Crippen LogP contribution >= 0.6 is 0 Å². The van der Waals surface area contributed by atoms with Gasteiger partial charge in [0.05, 0.1) is 12.6 Å². The molecule has 0 bridgehead atoms. The van der Waals surface area contributed by atoms with Gasteiger partial charge in [0.15, 0.2) is 5.82 Å². The number of aromatic nitrogens is 2. The van der Waals surface area contributed by atoms with Gasteiger partial charge < -0.3 is 14.9 Å². The molecule has 1 aromatic heterocycles. The van der Waals surface area contributed by atoms with E-state index in [0.717, 1.165) is 51.0 Å². The summed E-state index contributed by atoms with van der Waals surface area (Å²) < 4.78 is 6.30. The lowest BCUT2D eigenvalue weighted by atomic mass is 9.96. The molecule has 168 valence electrons. The van der Waals surface area contributed by atoms with Crippen LogP contribution in [-0.2, 0) is 13.0 Å². The maximum atomic E-state index is 12.1. The van der Waals surface area contributed by atoms with Crippen LogP contribution in [0.2, 0.25) is 0 Å². The van der Waals surface area contributed by atoms with Gasteiger partial charge in [-0.3, -0.25) is 9.09 Å². The van der Waals surface area contributed by atoms with Gasteiger partial charge in [-0.25, -0.2) is 4.79 Å². The molecule has 0 amide bonds. The predicted molar refractivity (Wildman–Crippen MR) is 124 cm³/mol. The van der Waals surface area contributed by atoms with Crippen molar-refractivity contribution in [3.05, 3.63) is 70.7 Å². The zero-order chi connectivity index (χ0) is 21.9. The quantitative estimate of drug-likeness (QED) is 0.616. The van der Waals surface area contributed by atoms with E-state index in [-0.39, 0.29) is 6.54 Å². The number of para-hydroxylation sites is 1. The van der Waals surface area contributed by atoms with E-state index in [9.17, 15) is 9.90 Å². The van der Waals surface area contributed by atoms with E-state index >= 15 is 0 Å². The molecule has 3 aromatic rings. The first-order valence-corrected chi connectivity index (χ1v) is 11.5. The van der Waals surface area contributed by atoms with Crippen LogP contribution in [0.25, 0.3) is 11.4 Å². The van der Waals surface area contributed by atoms with E-state index in [4.69, 9.17) is 4.52 Å². The first kappa shape index (κ1) is 21.0. The third-order valence-corrected chi connectivity index (χ3v) is 6.75. The molecule has 1 unspecified atom stereocenters. The fourth-order valence-corrected chi connectivity index (χ4v) is 5.05. The highest BCUT2D eigenvalue weighted by molar-refractivity contribution is 5.57. The third-order valence-electron chi connectivity index (χ3n) is 6.75. The summed E-state index contributed by atoms with van der Waals surface area (Å²) in [5.74, 6) is 0.603. The molecule has 2 aromatic carbocycles. The van der Waals surface area contributed by atoms with Gasteiger partial charge in [0, 0.05) is 30.9 Å². The highest BCUT2D eigenvalue weighted by atomic mass is 16.5. The molecule has 1 fully saturated rings. The van der Waals surface area contributed by atoms with Gasteiger partial charge in [-0.2, -0.15) is 0 Å². The van der Waals surface area contributed by atoms with E-state index < -0.39 is 11.9 Å². The van der Waals surface area contributed by atoms with Crippen LogP contribution in [0, 0.1) is 5.92 Å². The molecule has 7 nitrogen and oxygen atoms in total. The third kappa shape index (κ3) is 4.49. The molecule has 0 spiro atoms. The number of rotatable bonds is 7. The number of piperidine rings is 1. The summed E-state index contributed by atoms with van der Waals surface area (Å²) in [5, 5.41) is 14.6. The SMILES string of the molecule is O=c1onc(-c2ccccc2)n1CC(O)CN1CCC(CN2CCc3ccccc32)CC1. The van der Waals surface area contributed by atoms with Crippen molar-refractivity contribution < 1.29 is 9.63 Å². The summed E-state index contributed by atoms with van der Waals surface area (Å²) in [6.45, 7) is 4.91. The van der Waals surface area contributed by atoms with Gasteiger partial charge in [-0.05, 0) is 49.9 Å². The summed E-state index contributed by atoms with van der Waals surface area (Å²) in [4.78, 5) is 17.0. The molecule has 0 radical (unpaired) electrons. The van der Waals surface area contributed by atoms with E-state index in [2.05, 4.69) is 39.2 Å². The van der Waals surface area contributed by atoms with Crippen molar-refractivity contribution in [3.8, 4) is 11.4 Å². The highest BCUT2D eigenvalue weighted by Gasteiger charge is 2.26. The van der Waals surface area contributed by atoms with Crippen molar-refractivity contribution in [2.45, 2.75) is 31.9 Å². The van der Waals surface area contributed by atoms with E-state index in [1.165, 1.54) is 15.8 Å². The molecule has 1 N–H and O–H groups in total. The van der Waals surface area contributed by atoms with Crippen LogP contribution in [-0.4, -0.2) is 58.6 Å². The summed E-state index contributed by atoms with van der Waals surface area (Å²) in [5.41, 5.74) is 3.67. The zero-order valence-corrected chi connectivity index (χ0v) is 18.3. The van der Waals surface area contributed by atoms with Gasteiger partial charge in [0.1, 0.15) is 0 Å². The molecule has 7 heteroatoms. The topological polar surface area (TPSA) is 74.7 Å². The monoisotopic (exact) mass is 434 g/mol. The van der Waals surface area contributed by atoms with Gasteiger partial charge in [0.25, 0.3) is 0 Å². The van der Waals surface area contributed by atoms with Gasteiger partial charge in [-0.1, -0.05) is 53.7 Å². The summed E-state index contributed by atoms with van der Waals surface area (Å²) in [7, 11) is 0. The highest BCUT2D eigenvalue weighted by Crippen LogP contribution is 2.30. The molecule has 0 aliphatic carbocycles. The molecule has 2 aliphatic rings. The van der Waals surface area contributed by atoms with E-state index in [1.807, 2.05) is 30.3 Å². The lowest BCUT2D eigenvalue weighted by Gasteiger charge is -2.35. The van der Waals surface area contributed by atoms with Crippen molar-refractivity contribution in [1.82, 2.24) is 14.6 Å². The minimum absolute atomic E-state index is 0.178. The van der Waals surface area contributed by atoms with Crippen LogP contribution in [0.3, 0.4) is 0 Å². The van der Waals surface area contributed by atoms with Crippen LogP contribution in [0.1, 0.15) is 18.4 Å². The van der Waals surface area contributed by atoms with Crippen LogP contribution in [0.15, 0.2) is 63.9 Å². The minimum atomic E-state index is -0.656. The molecule has 3 heterocycles. The van der Waals surface area contributed by atoms with Gasteiger partial charge >= 0.3 is 5.76 Å². The second-order valence-electron chi connectivity index (χ2n) is 8.97. The molecule has 32 heavy (non-hydrogen) atoms. The zero-order valence-electron chi connectivity index (χ0n) is 18.3. The molecular formula is C25H30N4O3. The van der Waals surface area contributed by atoms with Crippen LogP contribution < -0.4 is 10.7 Å². The number of fused-ring (bicyclic) bond motifs is 1. The van der Waals surface area contributed by atoms with Crippen LogP contribution in [0.5, 0.6) is 0 Å². The molecule has 2 aliphatic heterocycles. The van der Waals surface area contributed by atoms with Crippen molar-refractivity contribution in [3.63, 3.8) is 0 Å². The molecule has 1 saturated heterocycles. The van der Waals surface area contributed by atoms with E-state index in [1.54, 1.807) is 0 Å².